The maximum Gasteiger partial charge on any atom is 0.151 e. The smallest absolute Gasteiger partial charge is 0.151 e. The first kappa shape index (κ1) is 9.92. The van der Waals surface area contributed by atoms with Crippen molar-refractivity contribution < 1.29 is 19.7 Å². The Morgan fingerprint density at radius 3 is 3.00 bits per heavy atom. The first-order chi connectivity index (χ1) is 5.68. The van der Waals surface area contributed by atoms with Crippen LogP contribution in [0.15, 0.2) is 0 Å². The van der Waals surface area contributed by atoms with Gasteiger partial charge in [0.25, 0.3) is 0 Å². The Kier molecular flexibility index (Phi) is 3.94. The molecule has 72 valence electrons. The maximum atomic E-state index is 9.25. The summed E-state index contributed by atoms with van der Waals surface area (Å²) >= 11 is 0. The van der Waals surface area contributed by atoms with E-state index in [-0.39, 0.29) is 12.2 Å². The third-order valence-corrected chi connectivity index (χ3v) is 1.86. The Morgan fingerprint density at radius 1 is 1.67 bits per heavy atom. The minimum absolute atomic E-state index is 0.0663. The number of rotatable bonds is 3. The van der Waals surface area contributed by atoms with Crippen LogP contribution < -0.4 is 0 Å². The zero-order chi connectivity index (χ0) is 8.97. The summed E-state index contributed by atoms with van der Waals surface area (Å²) in [6.45, 7) is 2.49. The molecule has 0 bridgehead atoms. The molecule has 0 aromatic carbocycles. The van der Waals surface area contributed by atoms with Crippen molar-refractivity contribution in [1.82, 2.24) is 0 Å². The summed E-state index contributed by atoms with van der Waals surface area (Å²) in [5, 5.41) is 18.1. The highest BCUT2D eigenvalue weighted by molar-refractivity contribution is 4.69. The summed E-state index contributed by atoms with van der Waals surface area (Å²) in [5.74, 6) is 0. The van der Waals surface area contributed by atoms with Crippen LogP contribution in [0.3, 0.4) is 0 Å². The lowest BCUT2D eigenvalue weighted by Gasteiger charge is -2.26. The standard InChI is InChI=1S/C8H16O4/c1-6(9)12-5-8-4-7(10)2-3-11-8/h6-10H,2-5H2,1H3/t6?,7-,8+/m1/s1. The van der Waals surface area contributed by atoms with Gasteiger partial charge in [-0.3, -0.25) is 0 Å². The van der Waals surface area contributed by atoms with Crippen molar-refractivity contribution >= 4 is 0 Å². The van der Waals surface area contributed by atoms with Crippen molar-refractivity contribution in [1.29, 1.82) is 0 Å². The molecular weight excluding hydrogens is 160 g/mol. The Labute approximate surface area is 72.1 Å². The topological polar surface area (TPSA) is 58.9 Å². The van der Waals surface area contributed by atoms with Gasteiger partial charge < -0.3 is 19.7 Å². The van der Waals surface area contributed by atoms with Crippen LogP contribution in [-0.2, 0) is 9.47 Å². The number of ether oxygens (including phenoxy) is 2. The molecule has 0 amide bonds. The van der Waals surface area contributed by atoms with E-state index >= 15 is 0 Å². The molecule has 0 radical (unpaired) electrons. The normalized spacial score (nSPS) is 33.2. The number of aliphatic hydroxyl groups excluding tert-OH is 2. The maximum absolute atomic E-state index is 9.25. The van der Waals surface area contributed by atoms with Crippen molar-refractivity contribution in [2.24, 2.45) is 0 Å². The molecule has 1 rings (SSSR count). The number of hydrogen-bond acceptors (Lipinski definition) is 4. The second-order valence-electron chi connectivity index (χ2n) is 3.10. The van der Waals surface area contributed by atoms with Crippen LogP contribution in [0.2, 0.25) is 0 Å². The van der Waals surface area contributed by atoms with Gasteiger partial charge in [0.15, 0.2) is 6.29 Å². The zero-order valence-electron chi connectivity index (χ0n) is 7.27. The van der Waals surface area contributed by atoms with Crippen LogP contribution in [0.1, 0.15) is 19.8 Å². The van der Waals surface area contributed by atoms with Crippen LogP contribution in [0.25, 0.3) is 0 Å². The van der Waals surface area contributed by atoms with E-state index in [1.54, 1.807) is 6.92 Å². The zero-order valence-corrected chi connectivity index (χ0v) is 7.27. The fourth-order valence-corrected chi connectivity index (χ4v) is 1.22. The number of aliphatic hydroxyl groups is 2. The van der Waals surface area contributed by atoms with Crippen molar-refractivity contribution in [2.75, 3.05) is 13.2 Å². The Bertz CT molecular complexity index is 126. The minimum Gasteiger partial charge on any atom is -0.393 e. The van der Waals surface area contributed by atoms with Gasteiger partial charge in [-0.25, -0.2) is 0 Å². The van der Waals surface area contributed by atoms with Gasteiger partial charge in [-0.1, -0.05) is 0 Å². The van der Waals surface area contributed by atoms with Gasteiger partial charge in [-0.05, 0) is 13.3 Å². The molecule has 1 heterocycles. The third-order valence-electron chi connectivity index (χ3n) is 1.86. The van der Waals surface area contributed by atoms with Crippen LogP contribution in [0.5, 0.6) is 0 Å². The van der Waals surface area contributed by atoms with Crippen LogP contribution in [0, 0.1) is 0 Å². The molecule has 12 heavy (non-hydrogen) atoms. The second-order valence-corrected chi connectivity index (χ2v) is 3.10. The molecule has 1 aliphatic rings. The Hall–Kier alpha value is -0.160. The summed E-state index contributed by atoms with van der Waals surface area (Å²) in [5.41, 5.74) is 0. The average Bonchev–Trinajstić information content (AvgIpc) is 2.01. The molecule has 0 aromatic heterocycles. The average molecular weight is 176 g/mol. The predicted molar refractivity (Wildman–Crippen MR) is 42.6 cm³/mol. The Balaban J connectivity index is 2.14. The summed E-state index contributed by atoms with van der Waals surface area (Å²) in [7, 11) is 0. The van der Waals surface area contributed by atoms with Gasteiger partial charge in [-0.2, -0.15) is 0 Å². The highest BCUT2D eigenvalue weighted by atomic mass is 16.6. The molecule has 3 atom stereocenters. The lowest BCUT2D eigenvalue weighted by Crippen LogP contribution is -2.33. The third kappa shape index (κ3) is 3.49. The van der Waals surface area contributed by atoms with Gasteiger partial charge >= 0.3 is 0 Å². The van der Waals surface area contributed by atoms with Gasteiger partial charge in [-0.15, -0.1) is 0 Å². The molecule has 0 aromatic rings. The number of hydrogen-bond donors (Lipinski definition) is 2. The summed E-state index contributed by atoms with van der Waals surface area (Å²) in [6, 6.07) is 0. The van der Waals surface area contributed by atoms with E-state index in [1.807, 2.05) is 0 Å². The molecule has 0 aliphatic carbocycles. The van der Waals surface area contributed by atoms with E-state index in [4.69, 9.17) is 14.6 Å². The Morgan fingerprint density at radius 2 is 2.42 bits per heavy atom. The van der Waals surface area contributed by atoms with E-state index in [9.17, 15) is 5.11 Å². The van der Waals surface area contributed by atoms with Crippen LogP contribution >= 0.6 is 0 Å². The SMILES string of the molecule is CC(O)OC[C@@H]1C[C@H](O)CCO1. The summed E-state index contributed by atoms with van der Waals surface area (Å²) in [4.78, 5) is 0. The van der Waals surface area contributed by atoms with E-state index in [0.717, 1.165) is 0 Å². The van der Waals surface area contributed by atoms with Crippen molar-refractivity contribution in [3.8, 4) is 0 Å². The first-order valence-corrected chi connectivity index (χ1v) is 4.28. The molecule has 2 N–H and O–H groups in total. The van der Waals surface area contributed by atoms with Crippen molar-refractivity contribution in [2.45, 2.75) is 38.3 Å². The molecule has 1 aliphatic heterocycles. The van der Waals surface area contributed by atoms with Crippen molar-refractivity contribution in [3.05, 3.63) is 0 Å². The van der Waals surface area contributed by atoms with Gasteiger partial charge in [0.05, 0.1) is 18.8 Å². The van der Waals surface area contributed by atoms with E-state index in [2.05, 4.69) is 0 Å². The van der Waals surface area contributed by atoms with E-state index in [1.165, 1.54) is 0 Å². The fourth-order valence-electron chi connectivity index (χ4n) is 1.22. The molecule has 1 fully saturated rings. The molecule has 0 spiro atoms. The highest BCUT2D eigenvalue weighted by Gasteiger charge is 2.21. The molecule has 1 saturated heterocycles. The highest BCUT2D eigenvalue weighted by Crippen LogP contribution is 2.13. The van der Waals surface area contributed by atoms with E-state index < -0.39 is 6.29 Å². The first-order valence-electron chi connectivity index (χ1n) is 4.28. The molecule has 4 nitrogen and oxygen atoms in total. The van der Waals surface area contributed by atoms with Crippen molar-refractivity contribution in [3.63, 3.8) is 0 Å². The predicted octanol–water partition coefficient (Wildman–Crippen LogP) is -0.119. The largest absolute Gasteiger partial charge is 0.393 e. The molecule has 1 unspecified atom stereocenters. The molecular formula is C8H16O4. The molecule has 0 saturated carbocycles. The van der Waals surface area contributed by atoms with Crippen LogP contribution in [-0.4, -0.2) is 41.9 Å². The van der Waals surface area contributed by atoms with E-state index in [0.29, 0.717) is 26.1 Å². The van der Waals surface area contributed by atoms with Gasteiger partial charge in [0.1, 0.15) is 0 Å². The lowest BCUT2D eigenvalue weighted by atomic mass is 10.1. The lowest BCUT2D eigenvalue weighted by molar-refractivity contribution is -0.139. The van der Waals surface area contributed by atoms with Crippen LogP contribution in [0.4, 0.5) is 0 Å². The quantitative estimate of drug-likeness (QED) is 0.589. The molecule has 4 heteroatoms. The van der Waals surface area contributed by atoms with Gasteiger partial charge in [0, 0.05) is 13.0 Å². The minimum atomic E-state index is -0.757. The van der Waals surface area contributed by atoms with Gasteiger partial charge in [0.2, 0.25) is 0 Å². The second kappa shape index (κ2) is 4.77. The summed E-state index contributed by atoms with van der Waals surface area (Å²) < 4.78 is 10.3. The fraction of sp³-hybridized carbons (Fsp3) is 1.00. The summed E-state index contributed by atoms with van der Waals surface area (Å²) in [6.07, 6.45) is 0.204. The monoisotopic (exact) mass is 176 g/mol.